The third-order valence-corrected chi connectivity index (χ3v) is 4.53. The number of ether oxygens (including phenoxy) is 1. The first-order valence-electron chi connectivity index (χ1n) is 7.13. The van der Waals surface area contributed by atoms with E-state index in [0.29, 0.717) is 11.4 Å². The maximum Gasteiger partial charge on any atom is 0.244 e. The summed E-state index contributed by atoms with van der Waals surface area (Å²) in [6.07, 6.45) is 0. The average Bonchev–Trinajstić information content (AvgIpc) is 2.58. The number of carbonyl (C=O) groups excluding carboxylic acids is 2. The lowest BCUT2D eigenvalue weighted by atomic mass is 10.2. The van der Waals surface area contributed by atoms with Gasteiger partial charge < -0.3 is 15.0 Å². The summed E-state index contributed by atoms with van der Waals surface area (Å²) >= 11 is 1.50. The molecule has 2 aromatic carbocycles. The molecule has 1 aliphatic heterocycles. The van der Waals surface area contributed by atoms with Crippen molar-refractivity contribution in [3.8, 4) is 5.75 Å². The van der Waals surface area contributed by atoms with Gasteiger partial charge in [-0.3, -0.25) is 9.59 Å². The molecule has 23 heavy (non-hydrogen) atoms. The van der Waals surface area contributed by atoms with Crippen molar-refractivity contribution in [2.75, 3.05) is 29.6 Å². The fourth-order valence-electron chi connectivity index (χ4n) is 2.35. The first kappa shape index (κ1) is 15.4. The van der Waals surface area contributed by atoms with Crippen LogP contribution in [0.1, 0.15) is 0 Å². The summed E-state index contributed by atoms with van der Waals surface area (Å²) in [5.74, 6) is 0.788. The van der Waals surface area contributed by atoms with Crippen molar-refractivity contribution in [1.82, 2.24) is 0 Å². The average molecular weight is 328 g/mol. The summed E-state index contributed by atoms with van der Waals surface area (Å²) in [7, 11) is 1.59. The summed E-state index contributed by atoms with van der Waals surface area (Å²) < 4.78 is 5.08. The van der Waals surface area contributed by atoms with Crippen molar-refractivity contribution < 1.29 is 14.3 Å². The molecule has 2 aromatic rings. The second-order valence-corrected chi connectivity index (χ2v) is 6.03. The van der Waals surface area contributed by atoms with Crippen LogP contribution in [-0.2, 0) is 9.59 Å². The van der Waals surface area contributed by atoms with Crippen LogP contribution < -0.4 is 15.0 Å². The van der Waals surface area contributed by atoms with E-state index < -0.39 is 0 Å². The maximum absolute atomic E-state index is 12.2. The van der Waals surface area contributed by atoms with E-state index in [1.54, 1.807) is 31.4 Å². The second kappa shape index (κ2) is 6.75. The third kappa shape index (κ3) is 3.48. The van der Waals surface area contributed by atoms with E-state index >= 15 is 0 Å². The molecule has 6 heteroatoms. The van der Waals surface area contributed by atoms with Gasteiger partial charge in [-0.15, -0.1) is 11.8 Å². The Bertz CT molecular complexity index is 731. The topological polar surface area (TPSA) is 58.6 Å². The van der Waals surface area contributed by atoms with E-state index in [9.17, 15) is 9.59 Å². The van der Waals surface area contributed by atoms with Crippen LogP contribution in [0.2, 0.25) is 0 Å². The zero-order chi connectivity index (χ0) is 16.2. The standard InChI is InChI=1S/C17H16N2O3S/c1-22-13-8-6-12(7-9-13)18-16(20)10-19-14-4-2-3-5-15(14)23-11-17(19)21/h2-9H,10-11H2,1H3,(H,18,20). The number of nitrogens with zero attached hydrogens (tertiary/aromatic N) is 1. The Kier molecular flexibility index (Phi) is 4.52. The predicted octanol–water partition coefficient (Wildman–Crippen LogP) is 2.77. The fourth-order valence-corrected chi connectivity index (χ4v) is 3.28. The van der Waals surface area contributed by atoms with Gasteiger partial charge in [0, 0.05) is 10.6 Å². The van der Waals surface area contributed by atoms with Crippen LogP contribution in [0.5, 0.6) is 5.75 Å². The van der Waals surface area contributed by atoms with Crippen LogP contribution in [0.3, 0.4) is 0 Å². The van der Waals surface area contributed by atoms with Gasteiger partial charge in [-0.1, -0.05) is 12.1 Å². The predicted molar refractivity (Wildman–Crippen MR) is 91.1 cm³/mol. The number of fused-ring (bicyclic) bond motifs is 1. The van der Waals surface area contributed by atoms with Gasteiger partial charge in [0.2, 0.25) is 11.8 Å². The highest BCUT2D eigenvalue weighted by Crippen LogP contribution is 2.34. The minimum atomic E-state index is -0.231. The van der Waals surface area contributed by atoms with Gasteiger partial charge in [-0.25, -0.2) is 0 Å². The molecule has 0 aliphatic carbocycles. The molecule has 118 valence electrons. The van der Waals surface area contributed by atoms with Gasteiger partial charge in [0.05, 0.1) is 18.6 Å². The van der Waals surface area contributed by atoms with Crippen molar-refractivity contribution in [3.63, 3.8) is 0 Å². The number of hydrogen-bond acceptors (Lipinski definition) is 4. The molecule has 0 atom stereocenters. The van der Waals surface area contributed by atoms with E-state index in [-0.39, 0.29) is 18.4 Å². The minimum Gasteiger partial charge on any atom is -0.497 e. The molecule has 2 amide bonds. The Balaban J connectivity index is 1.71. The number of hydrogen-bond donors (Lipinski definition) is 1. The number of nitrogens with one attached hydrogen (secondary N) is 1. The molecule has 1 N–H and O–H groups in total. The molecule has 0 bridgehead atoms. The number of carbonyl (C=O) groups is 2. The minimum absolute atomic E-state index is 0.00242. The van der Waals surface area contributed by atoms with E-state index in [2.05, 4.69) is 5.32 Å². The van der Waals surface area contributed by atoms with E-state index in [4.69, 9.17) is 4.74 Å². The van der Waals surface area contributed by atoms with Gasteiger partial charge in [0.1, 0.15) is 12.3 Å². The zero-order valence-electron chi connectivity index (χ0n) is 12.6. The molecule has 0 aromatic heterocycles. The molecule has 1 heterocycles. The summed E-state index contributed by atoms with van der Waals surface area (Å²) in [6.45, 7) is 0.00242. The number of methoxy groups -OCH3 is 1. The van der Waals surface area contributed by atoms with E-state index in [1.165, 1.54) is 16.7 Å². The molecule has 0 unspecified atom stereocenters. The highest BCUT2D eigenvalue weighted by atomic mass is 32.2. The first-order chi connectivity index (χ1) is 11.2. The van der Waals surface area contributed by atoms with Crippen LogP contribution in [0.4, 0.5) is 11.4 Å². The van der Waals surface area contributed by atoms with Crippen molar-refractivity contribution in [3.05, 3.63) is 48.5 Å². The summed E-state index contributed by atoms with van der Waals surface area (Å²) in [5.41, 5.74) is 1.46. The number of rotatable bonds is 4. The van der Waals surface area contributed by atoms with Crippen LogP contribution in [-0.4, -0.2) is 31.2 Å². The highest BCUT2D eigenvalue weighted by Gasteiger charge is 2.26. The molecule has 0 spiro atoms. The molecule has 0 fully saturated rings. The lowest BCUT2D eigenvalue weighted by molar-refractivity contribution is -0.120. The van der Waals surface area contributed by atoms with Gasteiger partial charge in [-0.2, -0.15) is 0 Å². The lowest BCUT2D eigenvalue weighted by Gasteiger charge is -2.28. The third-order valence-electron chi connectivity index (χ3n) is 3.48. The van der Waals surface area contributed by atoms with Crippen molar-refractivity contribution in [2.24, 2.45) is 0 Å². The van der Waals surface area contributed by atoms with Crippen molar-refractivity contribution >= 4 is 35.0 Å². The van der Waals surface area contributed by atoms with Crippen LogP contribution in [0.15, 0.2) is 53.4 Å². The SMILES string of the molecule is COc1ccc(NC(=O)CN2C(=O)CSc3ccccc32)cc1. The summed E-state index contributed by atoms with van der Waals surface area (Å²) in [6, 6.07) is 14.7. The number of anilines is 2. The Hall–Kier alpha value is -2.47. The molecule has 1 aliphatic rings. The van der Waals surface area contributed by atoms with Gasteiger partial charge in [0.25, 0.3) is 0 Å². The molecule has 0 saturated heterocycles. The van der Waals surface area contributed by atoms with E-state index in [0.717, 1.165) is 16.3 Å². The lowest BCUT2D eigenvalue weighted by Crippen LogP contribution is -2.41. The monoisotopic (exact) mass is 328 g/mol. The van der Waals surface area contributed by atoms with Gasteiger partial charge >= 0.3 is 0 Å². The second-order valence-electron chi connectivity index (χ2n) is 5.01. The molecular weight excluding hydrogens is 312 g/mol. The largest absolute Gasteiger partial charge is 0.497 e. The Morgan fingerprint density at radius 3 is 2.70 bits per heavy atom. The maximum atomic E-state index is 12.2. The molecular formula is C17H16N2O3S. The van der Waals surface area contributed by atoms with Crippen LogP contribution in [0.25, 0.3) is 0 Å². The summed E-state index contributed by atoms with van der Waals surface area (Å²) in [5, 5.41) is 2.80. The van der Waals surface area contributed by atoms with Crippen molar-refractivity contribution in [2.45, 2.75) is 4.90 Å². The number of thioether (sulfide) groups is 1. The van der Waals surface area contributed by atoms with Gasteiger partial charge in [0.15, 0.2) is 0 Å². The number of benzene rings is 2. The quantitative estimate of drug-likeness (QED) is 0.937. The van der Waals surface area contributed by atoms with Crippen LogP contribution >= 0.6 is 11.8 Å². The molecule has 3 rings (SSSR count). The smallest absolute Gasteiger partial charge is 0.244 e. The highest BCUT2D eigenvalue weighted by molar-refractivity contribution is 8.00. The zero-order valence-corrected chi connectivity index (χ0v) is 13.4. The Morgan fingerprint density at radius 2 is 1.96 bits per heavy atom. The fraction of sp³-hybridized carbons (Fsp3) is 0.176. The van der Waals surface area contributed by atoms with Gasteiger partial charge in [-0.05, 0) is 36.4 Å². The van der Waals surface area contributed by atoms with Crippen molar-refractivity contribution in [1.29, 1.82) is 0 Å². The summed E-state index contributed by atoms with van der Waals surface area (Å²) in [4.78, 5) is 26.9. The van der Waals surface area contributed by atoms with Crippen LogP contribution in [0, 0.1) is 0 Å². The Morgan fingerprint density at radius 1 is 1.22 bits per heavy atom. The normalized spacial score (nSPS) is 13.4. The molecule has 5 nitrogen and oxygen atoms in total. The first-order valence-corrected chi connectivity index (χ1v) is 8.12. The number of para-hydroxylation sites is 1. The van der Waals surface area contributed by atoms with E-state index in [1.807, 2.05) is 24.3 Å². The molecule has 0 radical (unpaired) electrons. The Labute approximate surface area is 138 Å². The number of amides is 2. The molecule has 0 saturated carbocycles.